The molecule has 110 valence electrons. The number of thioether (sulfide) groups is 1. The van der Waals surface area contributed by atoms with Crippen LogP contribution in [0.15, 0.2) is 5.16 Å². The summed E-state index contributed by atoms with van der Waals surface area (Å²) >= 11 is 1.60. The minimum atomic E-state index is -0.327. The first-order valence-electron chi connectivity index (χ1n) is 6.70. The summed E-state index contributed by atoms with van der Waals surface area (Å²) < 4.78 is -0.327. The van der Waals surface area contributed by atoms with Crippen LogP contribution in [-0.4, -0.2) is 45.9 Å². The number of carbonyl (C=O) groups excluding carboxylic acids is 1. The zero-order valence-corrected chi connectivity index (χ0v) is 13.0. The number of likely N-dealkylation sites (tertiary alicyclic amines) is 1. The molecule has 0 spiro atoms. The van der Waals surface area contributed by atoms with Crippen molar-refractivity contribution in [2.45, 2.75) is 38.4 Å². The Labute approximate surface area is 119 Å². The van der Waals surface area contributed by atoms with Gasteiger partial charge in [-0.25, -0.2) is 0 Å². The van der Waals surface area contributed by atoms with E-state index in [4.69, 9.17) is 10.9 Å². The third kappa shape index (κ3) is 3.35. The van der Waals surface area contributed by atoms with E-state index in [1.54, 1.807) is 11.8 Å². The van der Waals surface area contributed by atoms with Crippen LogP contribution in [0.5, 0.6) is 0 Å². The van der Waals surface area contributed by atoms with Gasteiger partial charge in [0.2, 0.25) is 5.91 Å². The first-order valence-corrected chi connectivity index (χ1v) is 7.92. The molecule has 1 unspecified atom stereocenters. The second kappa shape index (κ2) is 6.50. The van der Waals surface area contributed by atoms with Gasteiger partial charge in [-0.3, -0.25) is 4.79 Å². The summed E-state index contributed by atoms with van der Waals surface area (Å²) in [7, 11) is 0. The largest absolute Gasteiger partial charge is 0.409 e. The predicted octanol–water partition coefficient (Wildman–Crippen LogP) is 1.75. The number of nitrogens with zero attached hydrogens (tertiary/aromatic N) is 2. The first kappa shape index (κ1) is 16.1. The summed E-state index contributed by atoms with van der Waals surface area (Å²) in [6, 6.07) is 0. The van der Waals surface area contributed by atoms with Crippen LogP contribution in [-0.2, 0) is 4.79 Å². The van der Waals surface area contributed by atoms with Gasteiger partial charge in [0, 0.05) is 19.0 Å². The summed E-state index contributed by atoms with van der Waals surface area (Å²) in [5.41, 5.74) is 5.80. The van der Waals surface area contributed by atoms with Crippen molar-refractivity contribution in [2.24, 2.45) is 22.7 Å². The van der Waals surface area contributed by atoms with E-state index in [2.05, 4.69) is 19.0 Å². The topological polar surface area (TPSA) is 78.9 Å². The van der Waals surface area contributed by atoms with Crippen molar-refractivity contribution in [3.63, 3.8) is 0 Å². The summed E-state index contributed by atoms with van der Waals surface area (Å²) in [5, 5.41) is 12.0. The summed E-state index contributed by atoms with van der Waals surface area (Å²) in [4.78, 5) is 14.2. The molecule has 19 heavy (non-hydrogen) atoms. The highest BCUT2D eigenvalue weighted by Crippen LogP contribution is 2.35. The maximum atomic E-state index is 12.3. The number of hydrogen-bond donors (Lipinski definition) is 2. The molecule has 1 saturated heterocycles. The second-order valence-electron chi connectivity index (χ2n) is 5.54. The van der Waals surface area contributed by atoms with Crippen LogP contribution >= 0.6 is 11.8 Å². The van der Waals surface area contributed by atoms with Crippen molar-refractivity contribution in [3.05, 3.63) is 0 Å². The number of oxime groups is 1. The van der Waals surface area contributed by atoms with Gasteiger partial charge in [0.15, 0.2) is 5.84 Å². The van der Waals surface area contributed by atoms with Crippen molar-refractivity contribution in [3.8, 4) is 0 Å². The van der Waals surface area contributed by atoms with E-state index in [1.807, 2.05) is 18.1 Å². The maximum Gasteiger partial charge on any atom is 0.225 e. The van der Waals surface area contributed by atoms with Gasteiger partial charge in [-0.15, -0.1) is 0 Å². The quantitative estimate of drug-likeness (QED) is 0.357. The van der Waals surface area contributed by atoms with Crippen molar-refractivity contribution < 1.29 is 10.0 Å². The highest BCUT2D eigenvalue weighted by Gasteiger charge is 2.40. The van der Waals surface area contributed by atoms with Gasteiger partial charge >= 0.3 is 0 Å². The lowest BCUT2D eigenvalue weighted by atomic mass is 9.91. The van der Waals surface area contributed by atoms with Gasteiger partial charge < -0.3 is 15.8 Å². The number of hydrogen-bond acceptors (Lipinski definition) is 4. The Morgan fingerprint density at radius 1 is 1.37 bits per heavy atom. The van der Waals surface area contributed by atoms with Crippen LogP contribution in [0.25, 0.3) is 0 Å². The molecule has 1 rings (SSSR count). The Hall–Kier alpha value is -0.910. The van der Waals surface area contributed by atoms with Crippen LogP contribution in [0.3, 0.4) is 0 Å². The van der Waals surface area contributed by atoms with Gasteiger partial charge in [0.25, 0.3) is 0 Å². The third-order valence-corrected chi connectivity index (χ3v) is 5.64. The molecule has 6 heteroatoms. The molecule has 1 fully saturated rings. The fourth-order valence-corrected chi connectivity index (χ4v) is 3.16. The molecular weight excluding hydrogens is 262 g/mol. The Bertz CT molecular complexity index is 350. The SMILES string of the molecule is CSC1(C(N)=NO)CCN(C(=O)C(C)C(C)C)CC1. The van der Waals surface area contributed by atoms with Gasteiger partial charge in [-0.05, 0) is 25.0 Å². The van der Waals surface area contributed by atoms with Gasteiger partial charge in [0.1, 0.15) is 0 Å². The molecular formula is C13H25N3O2S. The number of nitrogens with two attached hydrogens (primary N) is 1. The molecule has 0 aromatic rings. The van der Waals surface area contributed by atoms with Crippen LogP contribution in [0.1, 0.15) is 33.6 Å². The summed E-state index contributed by atoms with van der Waals surface area (Å²) in [6.45, 7) is 7.46. The molecule has 0 radical (unpaired) electrons. The van der Waals surface area contributed by atoms with E-state index in [0.717, 1.165) is 12.8 Å². The van der Waals surface area contributed by atoms with E-state index >= 15 is 0 Å². The van der Waals surface area contributed by atoms with Crippen molar-refractivity contribution in [2.75, 3.05) is 19.3 Å². The number of piperidine rings is 1. The highest BCUT2D eigenvalue weighted by molar-refractivity contribution is 8.00. The summed E-state index contributed by atoms with van der Waals surface area (Å²) in [6.07, 6.45) is 3.44. The normalized spacial score (nSPS) is 21.5. The molecule has 1 heterocycles. The zero-order valence-electron chi connectivity index (χ0n) is 12.2. The fraction of sp³-hybridized carbons (Fsp3) is 0.846. The second-order valence-corrected chi connectivity index (χ2v) is 6.73. The van der Waals surface area contributed by atoms with E-state index in [9.17, 15) is 4.79 Å². The average Bonchev–Trinajstić information content (AvgIpc) is 2.44. The lowest BCUT2D eigenvalue weighted by Gasteiger charge is -2.40. The Morgan fingerprint density at radius 3 is 2.26 bits per heavy atom. The molecule has 1 atom stereocenters. The summed E-state index contributed by atoms with van der Waals surface area (Å²) in [5.74, 6) is 0.877. The zero-order chi connectivity index (χ0) is 14.6. The smallest absolute Gasteiger partial charge is 0.225 e. The lowest BCUT2D eigenvalue weighted by molar-refractivity contribution is -0.137. The van der Waals surface area contributed by atoms with E-state index in [1.165, 1.54) is 0 Å². The van der Waals surface area contributed by atoms with Gasteiger partial charge in [-0.1, -0.05) is 25.9 Å². The van der Waals surface area contributed by atoms with Gasteiger partial charge in [-0.2, -0.15) is 11.8 Å². The maximum absolute atomic E-state index is 12.3. The first-order chi connectivity index (χ1) is 8.88. The fourth-order valence-electron chi connectivity index (χ4n) is 2.32. The van der Waals surface area contributed by atoms with E-state index < -0.39 is 0 Å². The molecule has 0 aromatic carbocycles. The van der Waals surface area contributed by atoms with Gasteiger partial charge in [0.05, 0.1) is 4.75 Å². The number of amidine groups is 1. The molecule has 1 aliphatic heterocycles. The molecule has 0 aliphatic carbocycles. The Kier molecular flexibility index (Phi) is 5.52. The molecule has 5 nitrogen and oxygen atoms in total. The van der Waals surface area contributed by atoms with Crippen molar-refractivity contribution >= 4 is 23.5 Å². The molecule has 1 aliphatic rings. The third-order valence-electron chi connectivity index (χ3n) is 4.24. The number of carbonyl (C=O) groups is 1. The van der Waals surface area contributed by atoms with Crippen LogP contribution in [0, 0.1) is 11.8 Å². The molecule has 1 amide bonds. The lowest BCUT2D eigenvalue weighted by Crippen LogP contribution is -2.52. The van der Waals surface area contributed by atoms with Crippen molar-refractivity contribution in [1.29, 1.82) is 0 Å². The Morgan fingerprint density at radius 2 is 1.89 bits per heavy atom. The minimum Gasteiger partial charge on any atom is -0.409 e. The van der Waals surface area contributed by atoms with Crippen LogP contribution < -0.4 is 5.73 Å². The predicted molar refractivity (Wildman–Crippen MR) is 79.5 cm³/mol. The minimum absolute atomic E-state index is 0.0469. The highest BCUT2D eigenvalue weighted by atomic mass is 32.2. The number of rotatable bonds is 4. The van der Waals surface area contributed by atoms with Crippen molar-refractivity contribution in [1.82, 2.24) is 4.90 Å². The standard InChI is InChI=1S/C13H25N3O2S/c1-9(2)10(3)11(17)16-7-5-13(19-4,6-8-16)12(14)15-18/h9-10,18H,5-8H2,1-4H3,(H2,14,15). The van der Waals surface area contributed by atoms with Crippen LogP contribution in [0.2, 0.25) is 0 Å². The molecule has 0 aromatic heterocycles. The molecule has 0 bridgehead atoms. The molecule has 0 saturated carbocycles. The molecule has 3 N–H and O–H groups in total. The van der Waals surface area contributed by atoms with E-state index in [-0.39, 0.29) is 22.4 Å². The average molecular weight is 287 g/mol. The number of amides is 1. The van der Waals surface area contributed by atoms with E-state index in [0.29, 0.717) is 19.0 Å². The monoisotopic (exact) mass is 287 g/mol. The van der Waals surface area contributed by atoms with Crippen LogP contribution in [0.4, 0.5) is 0 Å². The Balaban J connectivity index is 2.69.